The Morgan fingerprint density at radius 3 is 1.65 bits per heavy atom. The summed E-state index contributed by atoms with van der Waals surface area (Å²) in [5.41, 5.74) is 0. The lowest BCUT2D eigenvalue weighted by Crippen LogP contribution is -2.66. The fourth-order valence-corrected chi connectivity index (χ4v) is 12.0. The molecule has 0 aromatic heterocycles. The molecule has 0 saturated carbocycles. The first-order chi connectivity index (χ1) is 22.8. The van der Waals surface area contributed by atoms with Gasteiger partial charge in [0.1, 0.15) is 12.7 Å². The maximum absolute atomic E-state index is 12.0. The monoisotopic (exact) mass is 722 g/mol. The number of ether oxygens (including phenoxy) is 6. The first-order valence-corrected chi connectivity index (χ1v) is 20.1. The number of carbonyl (C=O) groups is 4. The maximum atomic E-state index is 12.0. The molecular weight excluding hydrogens is 677 g/mol. The van der Waals surface area contributed by atoms with Crippen LogP contribution in [0.5, 0.6) is 0 Å². The zero-order chi connectivity index (χ0) is 35.3. The van der Waals surface area contributed by atoms with Crippen molar-refractivity contribution < 1.29 is 52.0 Å². The summed E-state index contributed by atoms with van der Waals surface area (Å²) < 4.78 is 40.4. The summed E-state index contributed by atoms with van der Waals surface area (Å²) in [6.45, 7) is 11.9. The summed E-state index contributed by atoms with van der Waals surface area (Å²) in [6.07, 6.45) is -6.00. The summed E-state index contributed by atoms with van der Waals surface area (Å²) in [7, 11) is 0.599. The topological polar surface area (TPSA) is 133 Å². The predicted octanol–water partition coefficient (Wildman–Crippen LogP) is 4.04. The molecule has 48 heavy (non-hydrogen) atoms. The van der Waals surface area contributed by atoms with Crippen molar-refractivity contribution in [3.05, 3.63) is 60.7 Å². The van der Waals surface area contributed by atoms with Crippen molar-refractivity contribution in [3.63, 3.8) is 0 Å². The minimum Gasteiger partial charge on any atom is -0.463 e. The lowest BCUT2D eigenvalue weighted by molar-refractivity contribution is -0.307. The first-order valence-electron chi connectivity index (χ1n) is 15.7. The number of benzene rings is 2. The molecule has 1 aliphatic heterocycles. The Bertz CT molecular complexity index is 1300. The van der Waals surface area contributed by atoms with Crippen molar-refractivity contribution in [2.75, 3.05) is 31.3 Å². The number of esters is 4. The van der Waals surface area contributed by atoms with Gasteiger partial charge in [-0.15, -0.1) is 0 Å². The highest BCUT2D eigenvalue weighted by atomic mass is 33.1. The van der Waals surface area contributed by atoms with Gasteiger partial charge >= 0.3 is 23.9 Å². The van der Waals surface area contributed by atoms with Crippen LogP contribution in [-0.4, -0.2) is 94.2 Å². The van der Waals surface area contributed by atoms with Gasteiger partial charge in [0.15, 0.2) is 24.6 Å². The van der Waals surface area contributed by atoms with E-state index in [-0.39, 0.29) is 18.3 Å². The lowest BCUT2D eigenvalue weighted by atomic mass is 9.98. The Morgan fingerprint density at radius 1 is 0.688 bits per heavy atom. The molecule has 264 valence electrons. The highest BCUT2D eigenvalue weighted by Gasteiger charge is 2.53. The zero-order valence-corrected chi connectivity index (χ0v) is 31.1. The molecule has 0 N–H and O–H groups in total. The van der Waals surface area contributed by atoms with Crippen molar-refractivity contribution >= 4 is 64.2 Å². The van der Waals surface area contributed by atoms with Gasteiger partial charge < -0.3 is 32.8 Å². The van der Waals surface area contributed by atoms with Gasteiger partial charge in [-0.2, -0.15) is 0 Å². The quantitative estimate of drug-likeness (QED) is 0.0813. The summed E-state index contributed by atoms with van der Waals surface area (Å²) in [5.74, 6) is -1.39. The highest BCUT2D eigenvalue weighted by molar-refractivity contribution is 8.76. The van der Waals surface area contributed by atoms with E-state index < -0.39 is 62.9 Å². The molecule has 0 spiro atoms. The Morgan fingerprint density at radius 2 is 1.17 bits per heavy atom. The Labute approximate surface area is 291 Å². The van der Waals surface area contributed by atoms with E-state index in [1.165, 1.54) is 38.1 Å². The molecule has 0 amide bonds. The second-order valence-corrected chi connectivity index (χ2v) is 19.1. The maximum Gasteiger partial charge on any atom is 0.303 e. The summed E-state index contributed by atoms with van der Waals surface area (Å²) >= 11 is 0. The third-order valence-electron chi connectivity index (χ3n) is 7.38. The van der Waals surface area contributed by atoms with E-state index in [0.29, 0.717) is 12.4 Å². The van der Waals surface area contributed by atoms with Gasteiger partial charge in [-0.1, -0.05) is 103 Å². The largest absolute Gasteiger partial charge is 0.463 e. The van der Waals surface area contributed by atoms with Gasteiger partial charge in [-0.3, -0.25) is 19.2 Å². The molecule has 0 unspecified atom stereocenters. The van der Waals surface area contributed by atoms with Crippen LogP contribution in [0.4, 0.5) is 0 Å². The smallest absolute Gasteiger partial charge is 0.303 e. The van der Waals surface area contributed by atoms with Crippen LogP contribution in [0.1, 0.15) is 48.5 Å². The van der Waals surface area contributed by atoms with Gasteiger partial charge in [0.2, 0.25) is 0 Å². The molecule has 0 radical (unpaired) electrons. The lowest BCUT2D eigenvalue weighted by Gasteiger charge is -2.44. The third-order valence-corrected chi connectivity index (χ3v) is 14.8. The second kappa shape index (κ2) is 18.8. The SMILES string of the molecule is CC(=O)OC[C@H]1O[C@@H](OCCSSCCO[Si](c2ccccc2)(c2ccccc2)C(C)(C)C)[C@H](OC(C)=O)[C@@H](OC(C)=O)[C@@H]1OC(C)=O. The van der Waals surface area contributed by atoms with Crippen LogP contribution in [0.25, 0.3) is 0 Å². The molecule has 1 heterocycles. The molecule has 2 aromatic carbocycles. The van der Waals surface area contributed by atoms with Crippen LogP contribution in [-0.2, 0) is 52.0 Å². The van der Waals surface area contributed by atoms with Gasteiger partial charge in [0, 0.05) is 45.8 Å². The minimum absolute atomic E-state index is 0.119. The number of hydrogen-bond acceptors (Lipinski definition) is 13. The van der Waals surface area contributed by atoms with Crippen LogP contribution in [0, 0.1) is 0 Å². The summed E-state index contributed by atoms with van der Waals surface area (Å²) in [6, 6.07) is 20.9. The molecule has 11 nitrogen and oxygen atoms in total. The van der Waals surface area contributed by atoms with Crippen LogP contribution >= 0.6 is 21.6 Å². The molecule has 3 rings (SSSR count). The van der Waals surface area contributed by atoms with E-state index in [2.05, 4.69) is 69.3 Å². The average molecular weight is 723 g/mol. The fraction of sp³-hybridized carbons (Fsp3) is 0.529. The van der Waals surface area contributed by atoms with Crippen LogP contribution in [0.15, 0.2) is 60.7 Å². The molecule has 1 fully saturated rings. The normalized spacial score (nSPS) is 21.2. The van der Waals surface area contributed by atoms with Crippen LogP contribution < -0.4 is 10.4 Å². The number of carbonyl (C=O) groups excluding carboxylic acids is 4. The standard InChI is InChI=1S/C34H46O11S2Si/c1-23(35)40-22-29-30(42-24(2)36)31(43-25(3)37)32(44-26(4)38)33(45-29)39-18-20-46-47-21-19-41-48(34(5,6)7,27-14-10-8-11-15-27)28-16-12-9-13-17-28/h8-17,29-33H,18-22H2,1-7H3/t29-,30-,31+,32-,33-/m1/s1. The second-order valence-electron chi connectivity index (χ2n) is 12.1. The van der Waals surface area contributed by atoms with Crippen molar-refractivity contribution in [2.24, 2.45) is 0 Å². The van der Waals surface area contributed by atoms with E-state index in [9.17, 15) is 19.2 Å². The highest BCUT2D eigenvalue weighted by Crippen LogP contribution is 2.37. The molecule has 5 atom stereocenters. The Kier molecular flexibility index (Phi) is 15.5. The number of hydrogen-bond donors (Lipinski definition) is 0. The van der Waals surface area contributed by atoms with Gasteiger partial charge in [-0.05, 0) is 15.4 Å². The molecule has 0 bridgehead atoms. The van der Waals surface area contributed by atoms with E-state index >= 15 is 0 Å². The summed E-state index contributed by atoms with van der Waals surface area (Å²) in [4.78, 5) is 47.5. The van der Waals surface area contributed by atoms with Gasteiger partial charge in [0.25, 0.3) is 8.32 Å². The van der Waals surface area contributed by atoms with Gasteiger partial charge in [-0.25, -0.2) is 0 Å². The fourth-order valence-electron chi connectivity index (χ4n) is 5.63. The zero-order valence-electron chi connectivity index (χ0n) is 28.5. The molecule has 0 aliphatic carbocycles. The Balaban J connectivity index is 1.64. The predicted molar refractivity (Wildman–Crippen MR) is 186 cm³/mol. The van der Waals surface area contributed by atoms with E-state index in [1.807, 2.05) is 12.1 Å². The van der Waals surface area contributed by atoms with Crippen molar-refractivity contribution in [1.82, 2.24) is 0 Å². The third kappa shape index (κ3) is 11.1. The molecule has 1 aliphatic rings. The van der Waals surface area contributed by atoms with E-state index in [1.54, 1.807) is 21.6 Å². The van der Waals surface area contributed by atoms with E-state index in [4.69, 9.17) is 32.8 Å². The minimum atomic E-state index is -2.63. The summed E-state index contributed by atoms with van der Waals surface area (Å²) in [5, 5.41) is 2.32. The first kappa shape index (κ1) is 39.6. The van der Waals surface area contributed by atoms with Crippen LogP contribution in [0.3, 0.4) is 0 Å². The molecule has 2 aromatic rings. The number of rotatable bonds is 16. The Hall–Kier alpha value is -2.88. The molecular formula is C34H46O11S2Si. The average Bonchev–Trinajstić information content (AvgIpc) is 3.01. The van der Waals surface area contributed by atoms with E-state index in [0.717, 1.165) is 5.75 Å². The molecule has 14 heteroatoms. The van der Waals surface area contributed by atoms with Crippen molar-refractivity contribution in [2.45, 2.75) is 84.2 Å². The molecule has 1 saturated heterocycles. The van der Waals surface area contributed by atoms with Crippen molar-refractivity contribution in [1.29, 1.82) is 0 Å². The van der Waals surface area contributed by atoms with Gasteiger partial charge in [0.05, 0.1) is 6.61 Å². The van der Waals surface area contributed by atoms with Crippen molar-refractivity contribution in [3.8, 4) is 0 Å². The van der Waals surface area contributed by atoms with Crippen LogP contribution in [0.2, 0.25) is 5.04 Å².